The number of carbonyl (C=O) groups excluding carboxylic acids is 1. The van der Waals surface area contributed by atoms with Crippen molar-refractivity contribution in [3.8, 4) is 0 Å². The summed E-state index contributed by atoms with van der Waals surface area (Å²) in [6.45, 7) is 1.48. The third-order valence-corrected chi connectivity index (χ3v) is 3.31. The van der Waals surface area contributed by atoms with Crippen LogP contribution in [0.15, 0.2) is 18.2 Å². The zero-order valence-corrected chi connectivity index (χ0v) is 10.3. The van der Waals surface area contributed by atoms with Crippen molar-refractivity contribution in [2.75, 3.05) is 20.7 Å². The van der Waals surface area contributed by atoms with E-state index in [1.54, 1.807) is 4.90 Å². The van der Waals surface area contributed by atoms with E-state index in [1.807, 2.05) is 25.1 Å². The van der Waals surface area contributed by atoms with Gasteiger partial charge in [0.25, 0.3) is 0 Å². The molecule has 92 valence electrons. The summed E-state index contributed by atoms with van der Waals surface area (Å²) in [6, 6.07) is 6.21. The first kappa shape index (κ1) is 12.1. The van der Waals surface area contributed by atoms with Crippen LogP contribution < -0.4 is 0 Å². The zero-order valence-electron chi connectivity index (χ0n) is 10.3. The van der Waals surface area contributed by atoms with Crippen molar-refractivity contribution in [3.63, 3.8) is 0 Å². The Morgan fingerprint density at radius 1 is 1.41 bits per heavy atom. The first-order valence-electron chi connectivity index (χ1n) is 5.74. The number of aliphatic hydroxyl groups excluding tert-OH is 1. The van der Waals surface area contributed by atoms with Gasteiger partial charge in [-0.1, -0.05) is 18.2 Å². The Morgan fingerprint density at radius 3 is 2.71 bits per heavy atom. The molecule has 1 heterocycles. The number of amides is 1. The predicted octanol–water partition coefficient (Wildman–Crippen LogP) is 0.754. The fourth-order valence-corrected chi connectivity index (χ4v) is 2.29. The number of hydrogen-bond acceptors (Lipinski definition) is 3. The molecule has 0 fully saturated rings. The number of nitrogens with zero attached hydrogens (tertiary/aromatic N) is 2. The van der Waals surface area contributed by atoms with Crippen LogP contribution in [0, 0.1) is 0 Å². The highest BCUT2D eigenvalue weighted by Crippen LogP contribution is 2.26. The summed E-state index contributed by atoms with van der Waals surface area (Å²) in [4.78, 5) is 14.5. The van der Waals surface area contributed by atoms with Crippen LogP contribution in [0.3, 0.4) is 0 Å². The van der Waals surface area contributed by atoms with Crippen LogP contribution in [-0.4, -0.2) is 42.0 Å². The van der Waals surface area contributed by atoms with Crippen molar-refractivity contribution in [1.82, 2.24) is 9.80 Å². The maximum Gasteiger partial charge on any atom is 0.210 e. The second-order valence-electron chi connectivity index (χ2n) is 4.70. The smallest absolute Gasteiger partial charge is 0.210 e. The quantitative estimate of drug-likeness (QED) is 0.782. The molecule has 17 heavy (non-hydrogen) atoms. The van der Waals surface area contributed by atoms with Gasteiger partial charge >= 0.3 is 0 Å². The van der Waals surface area contributed by atoms with Gasteiger partial charge in [-0.2, -0.15) is 0 Å². The lowest BCUT2D eigenvalue weighted by molar-refractivity contribution is -0.118. The van der Waals surface area contributed by atoms with Crippen LogP contribution in [-0.2, 0) is 17.9 Å². The van der Waals surface area contributed by atoms with Gasteiger partial charge in [0, 0.05) is 13.1 Å². The Balaban J connectivity index is 2.26. The first-order valence-corrected chi connectivity index (χ1v) is 5.74. The van der Waals surface area contributed by atoms with Gasteiger partial charge in [0.1, 0.15) is 0 Å². The lowest BCUT2D eigenvalue weighted by atomic mass is 10.0. The van der Waals surface area contributed by atoms with E-state index in [1.165, 1.54) is 11.1 Å². The molecule has 0 aliphatic carbocycles. The average Bonchev–Trinajstić information content (AvgIpc) is 2.71. The van der Waals surface area contributed by atoms with Crippen LogP contribution in [0.1, 0.15) is 22.7 Å². The molecule has 1 aliphatic rings. The van der Waals surface area contributed by atoms with Crippen molar-refractivity contribution in [2.24, 2.45) is 0 Å². The van der Waals surface area contributed by atoms with Crippen LogP contribution in [0.4, 0.5) is 0 Å². The molecule has 1 amide bonds. The monoisotopic (exact) mass is 234 g/mol. The van der Waals surface area contributed by atoms with E-state index in [9.17, 15) is 9.90 Å². The van der Waals surface area contributed by atoms with Gasteiger partial charge in [-0.05, 0) is 30.8 Å². The number of carbonyl (C=O) groups is 1. The number of aliphatic hydroxyl groups is 1. The lowest BCUT2D eigenvalue weighted by Gasteiger charge is -2.22. The average molecular weight is 234 g/mol. The van der Waals surface area contributed by atoms with Crippen LogP contribution in [0.5, 0.6) is 0 Å². The van der Waals surface area contributed by atoms with E-state index >= 15 is 0 Å². The Morgan fingerprint density at radius 2 is 2.12 bits per heavy atom. The second kappa shape index (κ2) is 4.85. The molecule has 0 saturated carbocycles. The van der Waals surface area contributed by atoms with E-state index in [0.717, 1.165) is 12.0 Å². The second-order valence-corrected chi connectivity index (χ2v) is 4.70. The summed E-state index contributed by atoms with van der Waals surface area (Å²) in [6.07, 6.45) is 0.884. The number of hydrogen-bond donors (Lipinski definition) is 1. The van der Waals surface area contributed by atoms with E-state index in [-0.39, 0.29) is 12.6 Å². The summed E-state index contributed by atoms with van der Waals surface area (Å²) in [5, 5.41) is 9.39. The maximum absolute atomic E-state index is 10.7. The normalized spacial score (nSPS) is 16.1. The minimum Gasteiger partial charge on any atom is -0.394 e. The molecule has 1 aromatic carbocycles. The van der Waals surface area contributed by atoms with Gasteiger partial charge in [0.05, 0.1) is 12.6 Å². The van der Waals surface area contributed by atoms with E-state index in [2.05, 4.69) is 12.1 Å². The Kier molecular flexibility index (Phi) is 3.45. The third kappa shape index (κ3) is 2.33. The highest BCUT2D eigenvalue weighted by atomic mass is 16.3. The molecule has 0 saturated heterocycles. The molecule has 1 aliphatic heterocycles. The highest BCUT2D eigenvalue weighted by Gasteiger charge is 2.20. The van der Waals surface area contributed by atoms with Gasteiger partial charge in [-0.25, -0.2) is 0 Å². The minimum absolute atomic E-state index is 0.0191. The molecule has 1 aromatic rings. The summed E-state index contributed by atoms with van der Waals surface area (Å²) in [7, 11) is 3.90. The maximum atomic E-state index is 10.7. The van der Waals surface area contributed by atoms with Gasteiger partial charge in [-0.15, -0.1) is 0 Å². The van der Waals surface area contributed by atoms with Crippen molar-refractivity contribution in [3.05, 3.63) is 34.9 Å². The molecule has 0 aromatic heterocycles. The van der Waals surface area contributed by atoms with Crippen molar-refractivity contribution < 1.29 is 9.90 Å². The van der Waals surface area contributed by atoms with Crippen molar-refractivity contribution in [2.45, 2.75) is 19.1 Å². The van der Waals surface area contributed by atoms with Gasteiger partial charge < -0.3 is 14.9 Å². The van der Waals surface area contributed by atoms with Gasteiger partial charge in [0.2, 0.25) is 6.41 Å². The Hall–Kier alpha value is -1.39. The number of likely N-dealkylation sites (N-methyl/N-ethyl adjacent to an activating group) is 1. The molecule has 0 spiro atoms. The van der Waals surface area contributed by atoms with Gasteiger partial charge in [-0.3, -0.25) is 4.79 Å². The fourth-order valence-electron chi connectivity index (χ4n) is 2.29. The standard InChI is InChI=1S/C13H18N2O2/c1-14(2)13(8-16)10-3-4-11-6-15(9-17)7-12(11)5-10/h3-5,9,13,16H,6-8H2,1-2H3. The number of fused-ring (bicyclic) bond motifs is 1. The molecule has 2 rings (SSSR count). The lowest BCUT2D eigenvalue weighted by Crippen LogP contribution is -2.23. The van der Waals surface area contributed by atoms with Crippen LogP contribution >= 0.6 is 0 Å². The molecule has 1 unspecified atom stereocenters. The number of rotatable bonds is 4. The van der Waals surface area contributed by atoms with E-state index in [0.29, 0.717) is 13.1 Å². The molecule has 0 radical (unpaired) electrons. The molecule has 4 nitrogen and oxygen atoms in total. The van der Waals surface area contributed by atoms with Crippen molar-refractivity contribution in [1.29, 1.82) is 0 Å². The molecule has 4 heteroatoms. The van der Waals surface area contributed by atoms with Crippen LogP contribution in [0.2, 0.25) is 0 Å². The minimum atomic E-state index is 0.0191. The molecular formula is C13H18N2O2. The summed E-state index contributed by atoms with van der Waals surface area (Å²) < 4.78 is 0. The summed E-state index contributed by atoms with van der Waals surface area (Å²) in [5.74, 6) is 0. The predicted molar refractivity (Wildman–Crippen MR) is 65.3 cm³/mol. The first-order chi connectivity index (χ1) is 8.15. The fraction of sp³-hybridized carbons (Fsp3) is 0.462. The summed E-state index contributed by atoms with van der Waals surface area (Å²) >= 11 is 0. The molecular weight excluding hydrogens is 216 g/mol. The largest absolute Gasteiger partial charge is 0.394 e. The molecule has 1 N–H and O–H groups in total. The third-order valence-electron chi connectivity index (χ3n) is 3.31. The zero-order chi connectivity index (χ0) is 12.4. The van der Waals surface area contributed by atoms with E-state index < -0.39 is 0 Å². The molecule has 1 atom stereocenters. The SMILES string of the molecule is CN(C)C(CO)c1ccc2c(c1)CN(C=O)C2. The summed E-state index contributed by atoms with van der Waals surface area (Å²) in [5.41, 5.74) is 3.50. The van der Waals surface area contributed by atoms with E-state index in [4.69, 9.17) is 0 Å². The van der Waals surface area contributed by atoms with Crippen LogP contribution in [0.25, 0.3) is 0 Å². The Bertz CT molecular complexity index is 418. The topological polar surface area (TPSA) is 43.8 Å². The van der Waals surface area contributed by atoms with Gasteiger partial charge in [0.15, 0.2) is 0 Å². The number of benzene rings is 1. The van der Waals surface area contributed by atoms with Crippen molar-refractivity contribution >= 4 is 6.41 Å². The Labute approximate surface area is 101 Å². The highest BCUT2D eigenvalue weighted by molar-refractivity contribution is 5.51. The molecule has 0 bridgehead atoms.